The third-order valence-corrected chi connectivity index (χ3v) is 2.59. The van der Waals surface area contributed by atoms with Gasteiger partial charge in [-0.05, 0) is 6.92 Å². The van der Waals surface area contributed by atoms with E-state index in [9.17, 15) is 4.79 Å². The van der Waals surface area contributed by atoms with Gasteiger partial charge in [-0.15, -0.1) is 16.4 Å². The highest BCUT2D eigenvalue weighted by Gasteiger charge is 2.02. The number of aryl methyl sites for hydroxylation is 1. The Hall–Kier alpha value is -1.56. The van der Waals surface area contributed by atoms with Crippen LogP contribution in [0.4, 0.5) is 0 Å². The molecule has 0 saturated heterocycles. The summed E-state index contributed by atoms with van der Waals surface area (Å²) in [5.41, 5.74) is 1.35. The molecule has 2 aromatic rings. The van der Waals surface area contributed by atoms with Crippen LogP contribution in [0.25, 0.3) is 0 Å². The van der Waals surface area contributed by atoms with Gasteiger partial charge in [0.2, 0.25) is 0 Å². The molecule has 0 radical (unpaired) electrons. The number of thiazole rings is 1. The number of aldehydes is 1. The maximum Gasteiger partial charge on any atom is 0.171 e. The van der Waals surface area contributed by atoms with E-state index < -0.39 is 0 Å². The molecular formula is C8H8N4OS. The molecule has 14 heavy (non-hydrogen) atoms. The minimum atomic E-state index is 0.346. The second kappa shape index (κ2) is 3.67. The van der Waals surface area contributed by atoms with E-state index in [4.69, 9.17) is 0 Å². The van der Waals surface area contributed by atoms with Gasteiger partial charge < -0.3 is 0 Å². The van der Waals surface area contributed by atoms with E-state index in [-0.39, 0.29) is 0 Å². The van der Waals surface area contributed by atoms with Gasteiger partial charge in [-0.1, -0.05) is 5.21 Å². The maximum absolute atomic E-state index is 10.3. The fourth-order valence-electron chi connectivity index (χ4n) is 1.06. The van der Waals surface area contributed by atoms with Crippen LogP contribution >= 0.6 is 11.3 Å². The van der Waals surface area contributed by atoms with Crippen LogP contribution in [0, 0.1) is 6.92 Å². The second-order valence-electron chi connectivity index (χ2n) is 2.84. The van der Waals surface area contributed by atoms with E-state index in [0.717, 1.165) is 10.7 Å². The lowest BCUT2D eigenvalue weighted by molar-refractivity contribution is 0.111. The summed E-state index contributed by atoms with van der Waals surface area (Å²) in [6.45, 7) is 2.51. The zero-order chi connectivity index (χ0) is 9.97. The quantitative estimate of drug-likeness (QED) is 0.703. The van der Waals surface area contributed by atoms with Crippen molar-refractivity contribution >= 4 is 17.6 Å². The molecule has 0 fully saturated rings. The van der Waals surface area contributed by atoms with Gasteiger partial charge in [0.15, 0.2) is 6.29 Å². The SMILES string of the molecule is Cc1csc(Cn2cc(C=O)nn2)n1. The number of carbonyl (C=O) groups excluding carboxylic acids is 1. The average Bonchev–Trinajstić information content (AvgIpc) is 2.76. The molecule has 2 aromatic heterocycles. The number of nitrogens with zero attached hydrogens (tertiary/aromatic N) is 4. The molecule has 0 aromatic carbocycles. The molecule has 0 spiro atoms. The molecule has 6 heteroatoms. The van der Waals surface area contributed by atoms with Crippen LogP contribution in [0.15, 0.2) is 11.6 Å². The molecule has 0 saturated carbocycles. The number of rotatable bonds is 3. The van der Waals surface area contributed by atoms with E-state index in [1.54, 1.807) is 22.2 Å². The molecule has 0 aliphatic heterocycles. The van der Waals surface area contributed by atoms with E-state index in [1.807, 2.05) is 12.3 Å². The summed E-state index contributed by atoms with van der Waals surface area (Å²) in [7, 11) is 0. The Morgan fingerprint density at radius 1 is 1.64 bits per heavy atom. The van der Waals surface area contributed by atoms with Gasteiger partial charge in [0, 0.05) is 11.1 Å². The van der Waals surface area contributed by atoms with Gasteiger partial charge in [-0.2, -0.15) is 0 Å². The lowest BCUT2D eigenvalue weighted by atomic mass is 10.5. The molecule has 0 unspecified atom stereocenters. The lowest BCUT2D eigenvalue weighted by Gasteiger charge is -1.93. The van der Waals surface area contributed by atoms with Crippen molar-refractivity contribution in [3.8, 4) is 0 Å². The molecule has 0 amide bonds. The van der Waals surface area contributed by atoms with Crippen LogP contribution in [0.1, 0.15) is 21.2 Å². The van der Waals surface area contributed by atoms with E-state index in [0.29, 0.717) is 18.5 Å². The Balaban J connectivity index is 2.14. The topological polar surface area (TPSA) is 60.7 Å². The standard InChI is InChI=1S/C8H8N4OS/c1-6-5-14-8(9-6)3-12-2-7(4-13)10-11-12/h2,4-5H,3H2,1H3. The van der Waals surface area contributed by atoms with Gasteiger partial charge in [-0.3, -0.25) is 4.79 Å². The van der Waals surface area contributed by atoms with E-state index in [2.05, 4.69) is 15.3 Å². The summed E-state index contributed by atoms with van der Waals surface area (Å²) in [4.78, 5) is 14.6. The normalized spacial score (nSPS) is 10.4. The predicted molar refractivity (Wildman–Crippen MR) is 51.4 cm³/mol. The second-order valence-corrected chi connectivity index (χ2v) is 3.78. The van der Waals surface area contributed by atoms with Crippen molar-refractivity contribution in [1.82, 2.24) is 20.0 Å². The third kappa shape index (κ3) is 1.85. The van der Waals surface area contributed by atoms with Crippen molar-refractivity contribution in [1.29, 1.82) is 0 Å². The summed E-state index contributed by atoms with van der Waals surface area (Å²) >= 11 is 1.57. The van der Waals surface area contributed by atoms with Crippen molar-refractivity contribution in [3.05, 3.63) is 28.0 Å². The first-order valence-electron chi connectivity index (χ1n) is 4.04. The maximum atomic E-state index is 10.3. The summed E-state index contributed by atoms with van der Waals surface area (Å²) in [6.07, 6.45) is 2.28. The minimum absolute atomic E-state index is 0.346. The zero-order valence-corrected chi connectivity index (χ0v) is 8.36. The summed E-state index contributed by atoms with van der Waals surface area (Å²) in [5, 5.41) is 10.4. The molecule has 0 atom stereocenters. The lowest BCUT2D eigenvalue weighted by Crippen LogP contribution is -1.99. The van der Waals surface area contributed by atoms with Gasteiger partial charge in [0.05, 0.1) is 12.7 Å². The monoisotopic (exact) mass is 208 g/mol. The summed E-state index contributed by atoms with van der Waals surface area (Å²) < 4.78 is 1.60. The number of aromatic nitrogens is 4. The Bertz CT molecular complexity index is 448. The summed E-state index contributed by atoms with van der Waals surface area (Å²) in [6, 6.07) is 0. The fraction of sp³-hybridized carbons (Fsp3) is 0.250. The molecule has 0 bridgehead atoms. The molecular weight excluding hydrogens is 200 g/mol. The van der Waals surface area contributed by atoms with Crippen molar-refractivity contribution in [2.45, 2.75) is 13.5 Å². The average molecular weight is 208 g/mol. The number of hydrogen-bond acceptors (Lipinski definition) is 5. The zero-order valence-electron chi connectivity index (χ0n) is 7.54. The van der Waals surface area contributed by atoms with Crippen LogP contribution in [0.3, 0.4) is 0 Å². The van der Waals surface area contributed by atoms with Crippen molar-refractivity contribution in [3.63, 3.8) is 0 Å². The third-order valence-electron chi connectivity index (χ3n) is 1.64. The van der Waals surface area contributed by atoms with Gasteiger partial charge in [0.25, 0.3) is 0 Å². The van der Waals surface area contributed by atoms with Crippen molar-refractivity contribution in [2.24, 2.45) is 0 Å². The van der Waals surface area contributed by atoms with Gasteiger partial charge in [-0.25, -0.2) is 9.67 Å². The highest BCUT2D eigenvalue weighted by molar-refractivity contribution is 7.09. The molecule has 0 aliphatic rings. The molecule has 0 aliphatic carbocycles. The Morgan fingerprint density at radius 3 is 3.07 bits per heavy atom. The number of hydrogen-bond donors (Lipinski definition) is 0. The molecule has 5 nitrogen and oxygen atoms in total. The Morgan fingerprint density at radius 2 is 2.50 bits per heavy atom. The molecule has 2 heterocycles. The molecule has 2 rings (SSSR count). The van der Waals surface area contributed by atoms with Gasteiger partial charge >= 0.3 is 0 Å². The van der Waals surface area contributed by atoms with Crippen LogP contribution < -0.4 is 0 Å². The van der Waals surface area contributed by atoms with E-state index in [1.165, 1.54) is 0 Å². The highest BCUT2D eigenvalue weighted by Crippen LogP contribution is 2.09. The van der Waals surface area contributed by atoms with Crippen molar-refractivity contribution < 1.29 is 4.79 Å². The predicted octanol–water partition coefficient (Wildman–Crippen LogP) is 0.904. The van der Waals surface area contributed by atoms with Crippen LogP contribution in [0.5, 0.6) is 0 Å². The molecule has 0 N–H and O–H groups in total. The van der Waals surface area contributed by atoms with Crippen molar-refractivity contribution in [2.75, 3.05) is 0 Å². The summed E-state index contributed by atoms with van der Waals surface area (Å²) in [5.74, 6) is 0. The molecule has 72 valence electrons. The van der Waals surface area contributed by atoms with E-state index >= 15 is 0 Å². The number of carbonyl (C=O) groups is 1. The first kappa shape index (κ1) is 9.01. The Kier molecular flexibility index (Phi) is 2.36. The van der Waals surface area contributed by atoms with Crippen LogP contribution in [-0.2, 0) is 6.54 Å². The highest BCUT2D eigenvalue weighted by atomic mass is 32.1. The van der Waals surface area contributed by atoms with Crippen LogP contribution in [0.2, 0.25) is 0 Å². The van der Waals surface area contributed by atoms with Crippen LogP contribution in [-0.4, -0.2) is 26.3 Å². The largest absolute Gasteiger partial charge is 0.296 e. The minimum Gasteiger partial charge on any atom is -0.296 e. The first-order chi connectivity index (χ1) is 6.78. The fourth-order valence-corrected chi connectivity index (χ4v) is 1.82. The Labute approximate surface area is 84.4 Å². The van der Waals surface area contributed by atoms with Gasteiger partial charge in [0.1, 0.15) is 10.7 Å². The smallest absolute Gasteiger partial charge is 0.171 e. The first-order valence-corrected chi connectivity index (χ1v) is 4.92.